The van der Waals surface area contributed by atoms with Gasteiger partial charge in [-0.1, -0.05) is 37.6 Å². The molecule has 21 heavy (non-hydrogen) atoms. The van der Waals surface area contributed by atoms with Gasteiger partial charge in [0.15, 0.2) is 0 Å². The van der Waals surface area contributed by atoms with E-state index in [0.717, 1.165) is 12.0 Å². The Bertz CT molecular complexity index is 462. The van der Waals surface area contributed by atoms with Crippen molar-refractivity contribution in [3.63, 3.8) is 0 Å². The van der Waals surface area contributed by atoms with Gasteiger partial charge in [0.1, 0.15) is 0 Å². The number of fused-ring (bicyclic) bond motifs is 1. The van der Waals surface area contributed by atoms with Gasteiger partial charge in [-0.3, -0.25) is 4.90 Å². The Morgan fingerprint density at radius 3 is 2.52 bits per heavy atom. The predicted octanol–water partition coefficient (Wildman–Crippen LogP) is 3.90. The number of rotatable bonds is 3. The molecule has 0 bridgehead atoms. The van der Waals surface area contributed by atoms with E-state index in [4.69, 9.17) is 5.73 Å². The van der Waals surface area contributed by atoms with Crippen molar-refractivity contribution in [2.75, 3.05) is 7.05 Å². The minimum Gasteiger partial charge on any atom is -0.323 e. The summed E-state index contributed by atoms with van der Waals surface area (Å²) in [6.45, 7) is 2.34. The molecule has 0 radical (unpaired) electrons. The average molecular weight is 286 g/mol. The largest absolute Gasteiger partial charge is 0.323 e. The van der Waals surface area contributed by atoms with Crippen molar-refractivity contribution in [1.82, 2.24) is 4.90 Å². The van der Waals surface area contributed by atoms with Crippen LogP contribution in [0.25, 0.3) is 0 Å². The van der Waals surface area contributed by atoms with Crippen LogP contribution in [0.4, 0.5) is 0 Å². The first-order valence-electron chi connectivity index (χ1n) is 8.76. The molecular weight excluding hydrogens is 256 g/mol. The van der Waals surface area contributed by atoms with Gasteiger partial charge in [0.2, 0.25) is 0 Å². The molecule has 2 aliphatic carbocycles. The quantitative estimate of drug-likeness (QED) is 0.913. The van der Waals surface area contributed by atoms with Crippen LogP contribution in [-0.2, 0) is 6.42 Å². The summed E-state index contributed by atoms with van der Waals surface area (Å²) in [7, 11) is 2.31. The number of hydrogen-bond acceptors (Lipinski definition) is 2. The monoisotopic (exact) mass is 286 g/mol. The lowest BCUT2D eigenvalue weighted by Gasteiger charge is -2.43. The second kappa shape index (κ2) is 6.50. The normalized spacial score (nSPS) is 33.0. The Kier molecular flexibility index (Phi) is 4.66. The lowest BCUT2D eigenvalue weighted by atomic mass is 9.80. The fraction of sp³-hybridized carbons (Fsp3) is 0.684. The SMILES string of the molecule is CCC1CCC(N(C)C2CCc3ccccc3C2N)CC1. The van der Waals surface area contributed by atoms with E-state index in [1.54, 1.807) is 0 Å². The molecular formula is C19H30N2. The van der Waals surface area contributed by atoms with E-state index >= 15 is 0 Å². The molecule has 1 saturated carbocycles. The van der Waals surface area contributed by atoms with E-state index in [-0.39, 0.29) is 6.04 Å². The zero-order valence-electron chi connectivity index (χ0n) is 13.6. The molecule has 2 atom stereocenters. The van der Waals surface area contributed by atoms with Crippen molar-refractivity contribution in [3.05, 3.63) is 35.4 Å². The molecule has 0 spiro atoms. The highest BCUT2D eigenvalue weighted by Crippen LogP contribution is 2.35. The third-order valence-electron chi connectivity index (χ3n) is 6.03. The van der Waals surface area contributed by atoms with Gasteiger partial charge < -0.3 is 5.73 Å². The Hall–Kier alpha value is -0.860. The molecule has 2 unspecified atom stereocenters. The third kappa shape index (κ3) is 3.02. The van der Waals surface area contributed by atoms with Crippen LogP contribution in [0.3, 0.4) is 0 Å². The van der Waals surface area contributed by atoms with Gasteiger partial charge in [-0.2, -0.15) is 0 Å². The van der Waals surface area contributed by atoms with Gasteiger partial charge >= 0.3 is 0 Å². The summed E-state index contributed by atoms with van der Waals surface area (Å²) in [5, 5.41) is 0. The molecule has 0 amide bonds. The van der Waals surface area contributed by atoms with E-state index in [0.29, 0.717) is 6.04 Å². The number of hydrogen-bond donors (Lipinski definition) is 1. The maximum Gasteiger partial charge on any atom is 0.0455 e. The van der Waals surface area contributed by atoms with Gasteiger partial charge in [0, 0.05) is 18.1 Å². The van der Waals surface area contributed by atoms with Crippen LogP contribution in [0.2, 0.25) is 0 Å². The Morgan fingerprint density at radius 1 is 1.10 bits per heavy atom. The Balaban J connectivity index is 1.67. The van der Waals surface area contributed by atoms with Crippen molar-refractivity contribution in [3.8, 4) is 0 Å². The van der Waals surface area contributed by atoms with E-state index in [2.05, 4.69) is 43.1 Å². The van der Waals surface area contributed by atoms with Gasteiger partial charge in [0.25, 0.3) is 0 Å². The number of nitrogens with zero attached hydrogens (tertiary/aromatic N) is 1. The molecule has 0 aromatic heterocycles. The minimum atomic E-state index is 0.184. The lowest BCUT2D eigenvalue weighted by molar-refractivity contribution is 0.0954. The first-order valence-corrected chi connectivity index (χ1v) is 8.76. The molecule has 2 heteroatoms. The van der Waals surface area contributed by atoms with Crippen LogP contribution >= 0.6 is 0 Å². The summed E-state index contributed by atoms with van der Waals surface area (Å²) in [5.74, 6) is 0.968. The van der Waals surface area contributed by atoms with Crippen molar-refractivity contribution >= 4 is 0 Å². The molecule has 2 N–H and O–H groups in total. The second-order valence-corrected chi connectivity index (χ2v) is 7.08. The molecule has 0 saturated heterocycles. The van der Waals surface area contributed by atoms with Crippen molar-refractivity contribution in [2.24, 2.45) is 11.7 Å². The number of nitrogens with two attached hydrogens (primary N) is 1. The van der Waals surface area contributed by atoms with Crippen molar-refractivity contribution in [2.45, 2.75) is 70.0 Å². The molecule has 1 aromatic rings. The van der Waals surface area contributed by atoms with Gasteiger partial charge in [-0.05, 0) is 62.6 Å². The topological polar surface area (TPSA) is 29.3 Å². The Labute approximate surface area is 129 Å². The van der Waals surface area contributed by atoms with E-state index < -0.39 is 0 Å². The molecule has 2 nitrogen and oxygen atoms in total. The third-order valence-corrected chi connectivity index (χ3v) is 6.03. The van der Waals surface area contributed by atoms with Crippen LogP contribution in [0.5, 0.6) is 0 Å². The molecule has 0 heterocycles. The summed E-state index contributed by atoms with van der Waals surface area (Å²) in [5.41, 5.74) is 9.45. The predicted molar refractivity (Wildman–Crippen MR) is 89.3 cm³/mol. The van der Waals surface area contributed by atoms with E-state index in [1.807, 2.05) is 0 Å². The molecule has 116 valence electrons. The van der Waals surface area contributed by atoms with Crippen LogP contribution in [0, 0.1) is 5.92 Å². The smallest absolute Gasteiger partial charge is 0.0455 e. The van der Waals surface area contributed by atoms with Gasteiger partial charge in [-0.15, -0.1) is 0 Å². The highest BCUT2D eigenvalue weighted by atomic mass is 15.2. The fourth-order valence-electron chi connectivity index (χ4n) is 4.47. The number of benzene rings is 1. The summed E-state index contributed by atoms with van der Waals surface area (Å²) in [6.07, 6.45) is 9.28. The highest BCUT2D eigenvalue weighted by molar-refractivity contribution is 5.33. The number of likely N-dealkylation sites (N-methyl/N-ethyl adjacent to an activating group) is 1. The zero-order valence-corrected chi connectivity index (χ0v) is 13.6. The molecule has 2 aliphatic rings. The lowest BCUT2D eigenvalue weighted by Crippen LogP contribution is -2.49. The summed E-state index contributed by atoms with van der Waals surface area (Å²) in [6, 6.07) is 10.2. The van der Waals surface area contributed by atoms with E-state index in [1.165, 1.54) is 56.1 Å². The second-order valence-electron chi connectivity index (χ2n) is 7.08. The zero-order chi connectivity index (χ0) is 14.8. The van der Waals surface area contributed by atoms with Gasteiger partial charge in [-0.25, -0.2) is 0 Å². The highest BCUT2D eigenvalue weighted by Gasteiger charge is 2.33. The number of aryl methyl sites for hydroxylation is 1. The van der Waals surface area contributed by atoms with Crippen molar-refractivity contribution in [1.29, 1.82) is 0 Å². The minimum absolute atomic E-state index is 0.184. The van der Waals surface area contributed by atoms with Crippen LogP contribution in [0.15, 0.2) is 24.3 Å². The molecule has 1 aromatic carbocycles. The Morgan fingerprint density at radius 2 is 1.81 bits per heavy atom. The maximum atomic E-state index is 6.61. The van der Waals surface area contributed by atoms with Crippen LogP contribution in [0.1, 0.15) is 62.6 Å². The van der Waals surface area contributed by atoms with Crippen LogP contribution < -0.4 is 5.73 Å². The molecule has 3 rings (SSSR count). The van der Waals surface area contributed by atoms with Gasteiger partial charge in [0.05, 0.1) is 0 Å². The standard InChI is InChI=1S/C19H30N2/c1-3-14-8-11-16(12-9-14)21(2)18-13-10-15-6-4-5-7-17(15)19(18)20/h4-7,14,16,18-19H,3,8-13,20H2,1-2H3. The summed E-state index contributed by atoms with van der Waals surface area (Å²) >= 11 is 0. The first-order chi connectivity index (χ1) is 10.2. The average Bonchev–Trinajstić information content (AvgIpc) is 2.55. The first kappa shape index (κ1) is 15.1. The molecule has 0 aliphatic heterocycles. The summed E-state index contributed by atoms with van der Waals surface area (Å²) < 4.78 is 0. The van der Waals surface area contributed by atoms with Crippen molar-refractivity contribution < 1.29 is 0 Å². The maximum absolute atomic E-state index is 6.61. The summed E-state index contributed by atoms with van der Waals surface area (Å²) in [4.78, 5) is 2.62. The molecule has 1 fully saturated rings. The van der Waals surface area contributed by atoms with Crippen LogP contribution in [-0.4, -0.2) is 24.0 Å². The fourth-order valence-corrected chi connectivity index (χ4v) is 4.47. The van der Waals surface area contributed by atoms with E-state index in [9.17, 15) is 0 Å².